The zero-order valence-corrected chi connectivity index (χ0v) is 9.51. The van der Waals surface area contributed by atoms with E-state index in [0.29, 0.717) is 12.2 Å². The lowest BCUT2D eigenvalue weighted by atomic mass is 10.2. The summed E-state index contributed by atoms with van der Waals surface area (Å²) < 4.78 is 7.95. The molecule has 1 aliphatic carbocycles. The van der Waals surface area contributed by atoms with Crippen LogP contribution in [0.1, 0.15) is 25.7 Å². The Labute approximate surface area is 96.0 Å². The summed E-state index contributed by atoms with van der Waals surface area (Å²) in [7, 11) is 0. The number of hydrogen-bond acceptors (Lipinski definition) is 3. The van der Waals surface area contributed by atoms with Gasteiger partial charge in [0.2, 0.25) is 0 Å². The molecule has 16 heavy (non-hydrogen) atoms. The Morgan fingerprint density at radius 3 is 2.88 bits per heavy atom. The van der Waals surface area contributed by atoms with Gasteiger partial charge in [-0.1, -0.05) is 0 Å². The van der Waals surface area contributed by atoms with E-state index >= 15 is 0 Å². The summed E-state index contributed by atoms with van der Waals surface area (Å²) in [6.45, 7) is 1.92. The molecule has 1 aliphatic heterocycles. The molecular formula is C12H19N3O. The van der Waals surface area contributed by atoms with Crippen LogP contribution in [0.15, 0.2) is 18.5 Å². The van der Waals surface area contributed by atoms with Crippen LogP contribution >= 0.6 is 0 Å². The molecule has 2 aliphatic rings. The number of ether oxygens (including phenoxy) is 1. The third-order valence-electron chi connectivity index (χ3n) is 3.36. The molecule has 2 atom stereocenters. The number of nitrogens with one attached hydrogen (secondary N) is 1. The number of nitrogens with zero attached hydrogens (tertiary/aromatic N) is 2. The summed E-state index contributed by atoms with van der Waals surface area (Å²) in [5.74, 6) is 0. The van der Waals surface area contributed by atoms with Crippen molar-refractivity contribution in [2.45, 2.75) is 50.5 Å². The second kappa shape index (κ2) is 4.55. The monoisotopic (exact) mass is 221 g/mol. The van der Waals surface area contributed by atoms with Crippen LogP contribution < -0.4 is 5.32 Å². The van der Waals surface area contributed by atoms with Gasteiger partial charge in [-0.15, -0.1) is 0 Å². The van der Waals surface area contributed by atoms with Crippen molar-refractivity contribution in [3.8, 4) is 0 Å². The zero-order chi connectivity index (χ0) is 10.8. The highest BCUT2D eigenvalue weighted by atomic mass is 16.5. The summed E-state index contributed by atoms with van der Waals surface area (Å²) in [6.07, 6.45) is 9.64. The van der Waals surface area contributed by atoms with Crippen LogP contribution in [0.3, 0.4) is 0 Å². The highest BCUT2D eigenvalue weighted by Gasteiger charge is 2.28. The summed E-state index contributed by atoms with van der Waals surface area (Å²) in [4.78, 5) is 0. The van der Waals surface area contributed by atoms with Crippen molar-refractivity contribution in [1.82, 2.24) is 15.1 Å². The molecule has 2 unspecified atom stereocenters. The molecule has 88 valence electrons. The summed E-state index contributed by atoms with van der Waals surface area (Å²) in [5.41, 5.74) is 0. The summed E-state index contributed by atoms with van der Waals surface area (Å²) in [5, 5.41) is 7.74. The van der Waals surface area contributed by atoms with E-state index in [1.807, 2.05) is 23.1 Å². The molecule has 1 aromatic rings. The van der Waals surface area contributed by atoms with Crippen LogP contribution in [0, 0.1) is 0 Å². The van der Waals surface area contributed by atoms with Gasteiger partial charge in [0.1, 0.15) is 0 Å². The van der Waals surface area contributed by atoms with Crippen molar-refractivity contribution in [3.63, 3.8) is 0 Å². The van der Waals surface area contributed by atoms with E-state index in [2.05, 4.69) is 10.4 Å². The molecule has 2 fully saturated rings. The number of rotatable bonds is 5. The largest absolute Gasteiger partial charge is 0.372 e. The number of hydrogen-bond donors (Lipinski definition) is 1. The fourth-order valence-electron chi connectivity index (χ4n) is 2.27. The van der Waals surface area contributed by atoms with Gasteiger partial charge in [-0.3, -0.25) is 4.68 Å². The minimum atomic E-state index is 0.353. The van der Waals surface area contributed by atoms with Crippen molar-refractivity contribution in [2.24, 2.45) is 0 Å². The van der Waals surface area contributed by atoms with E-state index in [1.165, 1.54) is 19.3 Å². The van der Waals surface area contributed by atoms with E-state index < -0.39 is 0 Å². The predicted octanol–water partition coefficient (Wildman–Crippen LogP) is 1.18. The van der Waals surface area contributed by atoms with Crippen molar-refractivity contribution in [3.05, 3.63) is 18.5 Å². The molecule has 0 bridgehead atoms. The molecule has 4 heteroatoms. The third-order valence-corrected chi connectivity index (χ3v) is 3.36. The van der Waals surface area contributed by atoms with E-state index in [9.17, 15) is 0 Å². The smallest absolute Gasteiger partial charge is 0.0776 e. The molecule has 0 spiro atoms. The van der Waals surface area contributed by atoms with Crippen LogP contribution in [0.4, 0.5) is 0 Å². The van der Waals surface area contributed by atoms with E-state index in [0.717, 1.165) is 25.6 Å². The fraction of sp³-hybridized carbons (Fsp3) is 0.750. The average Bonchev–Trinajstić information content (AvgIpc) is 2.78. The maximum absolute atomic E-state index is 5.99. The lowest BCUT2D eigenvalue weighted by molar-refractivity contribution is 0.0340. The Morgan fingerprint density at radius 2 is 2.12 bits per heavy atom. The molecule has 1 N–H and O–H groups in total. The first-order valence-electron chi connectivity index (χ1n) is 6.26. The van der Waals surface area contributed by atoms with Gasteiger partial charge in [0, 0.05) is 25.0 Å². The van der Waals surface area contributed by atoms with E-state index in [1.54, 1.807) is 0 Å². The molecule has 0 aromatic carbocycles. The van der Waals surface area contributed by atoms with Crippen LogP contribution in [-0.2, 0) is 11.3 Å². The highest BCUT2D eigenvalue weighted by molar-refractivity contribution is 4.85. The molecular weight excluding hydrogens is 202 g/mol. The zero-order valence-electron chi connectivity index (χ0n) is 9.51. The third kappa shape index (κ3) is 2.62. The van der Waals surface area contributed by atoms with Gasteiger partial charge in [-0.25, -0.2) is 0 Å². The first kappa shape index (κ1) is 10.3. The Kier molecular flexibility index (Phi) is 2.93. The van der Waals surface area contributed by atoms with Gasteiger partial charge >= 0.3 is 0 Å². The van der Waals surface area contributed by atoms with E-state index in [-0.39, 0.29) is 0 Å². The topological polar surface area (TPSA) is 39.1 Å². The molecule has 3 rings (SSSR count). The van der Waals surface area contributed by atoms with E-state index in [4.69, 9.17) is 4.74 Å². The van der Waals surface area contributed by atoms with Crippen LogP contribution in [0.25, 0.3) is 0 Å². The molecule has 1 saturated heterocycles. The lowest BCUT2D eigenvalue weighted by Gasteiger charge is -2.14. The van der Waals surface area contributed by atoms with Crippen molar-refractivity contribution < 1.29 is 4.74 Å². The second-order valence-electron chi connectivity index (χ2n) is 4.87. The Bertz CT molecular complexity index is 321. The summed E-state index contributed by atoms with van der Waals surface area (Å²) in [6, 6.07) is 2.75. The van der Waals surface area contributed by atoms with Gasteiger partial charge in [0.25, 0.3) is 0 Å². The van der Waals surface area contributed by atoms with Crippen molar-refractivity contribution in [2.75, 3.05) is 6.54 Å². The SMILES string of the molecule is c1cnn(CC2CCC(CNC3CC3)O2)c1. The predicted molar refractivity (Wildman–Crippen MR) is 61.1 cm³/mol. The average molecular weight is 221 g/mol. The van der Waals surface area contributed by atoms with Gasteiger partial charge < -0.3 is 10.1 Å². The maximum atomic E-state index is 5.99. The maximum Gasteiger partial charge on any atom is 0.0776 e. The standard InChI is InChI=1S/C12H19N3O/c1-6-14-15(7-1)9-12-5-4-11(16-12)8-13-10-2-3-10/h1,6-7,10-13H,2-5,8-9H2. The van der Waals surface area contributed by atoms with Crippen molar-refractivity contribution in [1.29, 1.82) is 0 Å². The molecule has 1 aromatic heterocycles. The first-order valence-corrected chi connectivity index (χ1v) is 6.26. The number of aromatic nitrogens is 2. The first-order chi connectivity index (χ1) is 7.90. The summed E-state index contributed by atoms with van der Waals surface area (Å²) >= 11 is 0. The molecule has 2 heterocycles. The van der Waals surface area contributed by atoms with Gasteiger partial charge in [0.05, 0.1) is 18.8 Å². The van der Waals surface area contributed by atoms with Crippen LogP contribution in [0.5, 0.6) is 0 Å². The molecule has 1 saturated carbocycles. The molecule has 0 radical (unpaired) electrons. The Hall–Kier alpha value is -0.870. The Morgan fingerprint density at radius 1 is 1.25 bits per heavy atom. The van der Waals surface area contributed by atoms with Gasteiger partial charge in [0.15, 0.2) is 0 Å². The van der Waals surface area contributed by atoms with Crippen LogP contribution in [0.2, 0.25) is 0 Å². The fourth-order valence-corrected chi connectivity index (χ4v) is 2.27. The van der Waals surface area contributed by atoms with Gasteiger partial charge in [-0.05, 0) is 31.7 Å². The van der Waals surface area contributed by atoms with Crippen molar-refractivity contribution >= 4 is 0 Å². The normalized spacial score (nSPS) is 29.8. The van der Waals surface area contributed by atoms with Gasteiger partial charge in [-0.2, -0.15) is 5.10 Å². The minimum Gasteiger partial charge on any atom is -0.372 e. The Balaban J connectivity index is 1.41. The second-order valence-corrected chi connectivity index (χ2v) is 4.87. The quantitative estimate of drug-likeness (QED) is 0.811. The molecule has 0 amide bonds. The highest BCUT2D eigenvalue weighted by Crippen LogP contribution is 2.23. The molecule has 4 nitrogen and oxygen atoms in total. The van der Waals surface area contributed by atoms with Crippen LogP contribution in [-0.4, -0.2) is 34.6 Å². The lowest BCUT2D eigenvalue weighted by Crippen LogP contribution is -2.29. The minimum absolute atomic E-state index is 0.353.